The van der Waals surface area contributed by atoms with E-state index in [0.717, 1.165) is 62.3 Å². The Bertz CT molecular complexity index is 3060. The van der Waals surface area contributed by atoms with Crippen molar-refractivity contribution < 1.29 is 188 Å². The molecule has 3 N–H and O–H groups in total. The third-order valence-corrected chi connectivity index (χ3v) is 16.8. The fraction of sp³-hybridized carbons (Fsp3) is 0.708. The summed E-state index contributed by atoms with van der Waals surface area (Å²) in [6.45, 7) is 15.1. The molecule has 3 amide bonds. The molecule has 1 aromatic rings. The number of esters is 10. The van der Waals surface area contributed by atoms with Crippen LogP contribution in [0.25, 0.3) is 0 Å². The van der Waals surface area contributed by atoms with Crippen LogP contribution in [0, 0.1) is 0 Å². The summed E-state index contributed by atoms with van der Waals surface area (Å²) in [5.74, 6) is -9.40. The van der Waals surface area contributed by atoms with Gasteiger partial charge in [0.05, 0.1) is 39.6 Å². The van der Waals surface area contributed by atoms with Crippen LogP contribution in [0.2, 0.25) is 0 Å². The average molecular weight is 1610 g/mol. The molecule has 3 fully saturated rings. The normalized spacial score (nSPS) is 24.3. The monoisotopic (exact) mass is 1600 g/mol. The standard InChI is InChI=1S/C65H95IN3O35/c1-33(70)67-52-59(99-43(11)80)56(96-40(8)77)49(31-93-37(5)74)102-63(52)90-26-20-84-17-23-87-47-29-45(61(82)104-65(13,14)15)28-46(86-22-16-83-19-25-89-62-51(66-69-35(3)72)58(98-42(10)79)55(95-39(7)76)48(101-62)30-92-36(4)73)54(47)88-24-18-85-21-27-91-64-53(68-34(2)71)60(100-44(12)81)57(97-41(9)78)50(103-64)32-94-38(6)75/h28-29,48-53,55-60,62-64H,16-27,30-32H2,1-15H3,(H,67,70)(H,68,71)(H,69,72)/q-1/t48-,49-,50-,51-,52-,53-,55+,56+,57+,58-,59-,60-,62-,63-,64-/m1/s1. The van der Waals surface area contributed by atoms with Crippen molar-refractivity contribution in [2.24, 2.45) is 0 Å². The van der Waals surface area contributed by atoms with Crippen LogP contribution in [0.5, 0.6) is 17.2 Å². The summed E-state index contributed by atoms with van der Waals surface area (Å²) in [5.41, 5.74) is -1.04. The van der Waals surface area contributed by atoms with Gasteiger partial charge in [0.25, 0.3) is 0 Å². The fourth-order valence-corrected chi connectivity index (χ4v) is 12.5. The summed E-state index contributed by atoms with van der Waals surface area (Å²) in [6.07, 6.45) is -15.6. The summed E-state index contributed by atoms with van der Waals surface area (Å²) in [7, 11) is 0. The Morgan fingerprint density at radius 2 is 0.702 bits per heavy atom. The zero-order valence-corrected chi connectivity index (χ0v) is 62.7. The molecule has 0 unspecified atom stereocenters. The molecule has 0 radical (unpaired) electrons. The first-order valence-electron chi connectivity index (χ1n) is 32.7. The molecule has 0 saturated carbocycles. The molecule has 0 spiro atoms. The summed E-state index contributed by atoms with van der Waals surface area (Å²) < 4.78 is 129. The maximum atomic E-state index is 13.8. The van der Waals surface area contributed by atoms with E-state index in [-0.39, 0.29) is 102 Å². The van der Waals surface area contributed by atoms with Crippen LogP contribution in [-0.2, 0) is 148 Å². The number of benzene rings is 1. The molecule has 0 aliphatic carbocycles. The van der Waals surface area contributed by atoms with Crippen molar-refractivity contribution in [2.75, 3.05) is 99.1 Å². The molecule has 38 nitrogen and oxygen atoms in total. The number of carbonyl (C=O) groups is 13. The molecule has 588 valence electrons. The number of carbonyl (C=O) groups excluding carboxylic acids is 13. The third-order valence-electron chi connectivity index (χ3n) is 13.7. The van der Waals surface area contributed by atoms with E-state index in [2.05, 4.69) is 14.2 Å². The van der Waals surface area contributed by atoms with Gasteiger partial charge in [0.15, 0.2) is 37.0 Å². The predicted molar refractivity (Wildman–Crippen MR) is 340 cm³/mol. The second-order valence-electron chi connectivity index (χ2n) is 23.9. The minimum absolute atomic E-state index is 0.0580. The summed E-state index contributed by atoms with van der Waals surface area (Å²) in [5, 5.41) is 5.22. The average Bonchev–Trinajstić information content (AvgIpc) is 0.807. The minimum atomic E-state index is -1.44. The van der Waals surface area contributed by atoms with Gasteiger partial charge in [-0.05, 0) is 26.8 Å². The van der Waals surface area contributed by atoms with Crippen molar-refractivity contribution in [1.82, 2.24) is 14.2 Å². The van der Waals surface area contributed by atoms with Gasteiger partial charge in [-0.15, -0.1) is 0 Å². The second kappa shape index (κ2) is 44.8. The second-order valence-corrected chi connectivity index (χ2v) is 26.5. The van der Waals surface area contributed by atoms with Crippen molar-refractivity contribution >= 4 is 77.4 Å². The Kier molecular flexibility index (Phi) is 38.1. The summed E-state index contributed by atoms with van der Waals surface area (Å²) in [4.78, 5) is 161. The van der Waals surface area contributed by atoms with Gasteiger partial charge in [0, 0.05) is 55.4 Å². The fourth-order valence-electron chi connectivity index (χ4n) is 10.1. The van der Waals surface area contributed by atoms with E-state index >= 15 is 0 Å². The molecule has 0 bridgehead atoms. The van der Waals surface area contributed by atoms with Crippen molar-refractivity contribution in [3.63, 3.8) is 0 Å². The van der Waals surface area contributed by atoms with Crippen LogP contribution >= 0.6 is 0 Å². The zero-order valence-electron chi connectivity index (χ0n) is 60.6. The number of amides is 3. The quantitative estimate of drug-likeness (QED) is 0.0146. The van der Waals surface area contributed by atoms with Crippen molar-refractivity contribution in [3.8, 4) is 17.2 Å². The number of alkyl halides is 1. The Labute approximate surface area is 610 Å². The Hall–Kier alpha value is -7.90. The first-order chi connectivity index (χ1) is 49.0. The van der Waals surface area contributed by atoms with E-state index in [0.29, 0.717) is 0 Å². The summed E-state index contributed by atoms with van der Waals surface area (Å²) in [6, 6.07) is 0.165. The molecule has 15 atom stereocenters. The molecule has 3 aliphatic rings. The predicted octanol–water partition coefficient (Wildman–Crippen LogP) is -3.15. The molecule has 3 aliphatic heterocycles. The number of nitrogens with one attached hydrogen (secondary N) is 3. The van der Waals surface area contributed by atoms with Crippen LogP contribution in [0.3, 0.4) is 0 Å². The number of hydrogen-bond donors (Lipinski definition) is 3. The zero-order chi connectivity index (χ0) is 77.4. The van der Waals surface area contributed by atoms with Gasteiger partial charge >= 0.3 is 266 Å². The van der Waals surface area contributed by atoms with Gasteiger partial charge in [0.1, 0.15) is 56.3 Å². The number of hydrogen-bond acceptors (Lipinski definition) is 35. The molecule has 39 heteroatoms. The first-order valence-corrected chi connectivity index (χ1v) is 35.1. The van der Waals surface area contributed by atoms with E-state index in [1.54, 1.807) is 20.8 Å². The van der Waals surface area contributed by atoms with Crippen molar-refractivity contribution in [2.45, 2.75) is 199 Å². The van der Waals surface area contributed by atoms with Crippen LogP contribution in [-0.4, -0.2) is 272 Å². The Morgan fingerprint density at radius 3 is 1.04 bits per heavy atom. The van der Waals surface area contributed by atoms with Gasteiger partial charge in [0.2, 0.25) is 11.8 Å². The number of rotatable bonds is 41. The molecule has 3 heterocycles. The van der Waals surface area contributed by atoms with Gasteiger partial charge in [-0.3, -0.25) is 38.4 Å². The molecule has 1 aromatic carbocycles. The number of halogens is 1. The molecule has 104 heavy (non-hydrogen) atoms. The Morgan fingerprint density at radius 1 is 0.385 bits per heavy atom. The van der Waals surface area contributed by atoms with E-state index in [1.807, 2.05) is 0 Å². The Balaban J connectivity index is 1.59. The first kappa shape index (κ1) is 88.5. The van der Waals surface area contributed by atoms with Crippen LogP contribution < -0.4 is 49.9 Å². The van der Waals surface area contributed by atoms with E-state index in [9.17, 15) is 62.3 Å². The third kappa shape index (κ3) is 32.2. The van der Waals surface area contributed by atoms with Crippen LogP contribution in [0.1, 0.15) is 114 Å². The molecule has 3 saturated heterocycles. The van der Waals surface area contributed by atoms with Gasteiger partial charge in [-0.2, -0.15) is 0 Å². The van der Waals surface area contributed by atoms with Crippen molar-refractivity contribution in [3.05, 3.63) is 17.7 Å². The molecular weight excluding hydrogens is 1510 g/mol. The maximum absolute atomic E-state index is 13.8. The number of ether oxygens (including phenoxy) is 22. The van der Waals surface area contributed by atoms with Crippen LogP contribution in [0.15, 0.2) is 12.1 Å². The van der Waals surface area contributed by atoms with E-state index < -0.39 is 214 Å². The molecular formula is C65H95IN3O35-. The molecule has 4 rings (SSSR count). The molecule has 0 aromatic heterocycles. The van der Waals surface area contributed by atoms with Crippen LogP contribution in [0.4, 0.5) is 0 Å². The van der Waals surface area contributed by atoms with E-state index in [1.165, 1.54) is 32.9 Å². The topological polar surface area (TPSA) is 461 Å². The van der Waals surface area contributed by atoms with Gasteiger partial charge in [-0.1, -0.05) is 0 Å². The van der Waals surface area contributed by atoms with E-state index in [4.69, 9.17) is 104 Å². The van der Waals surface area contributed by atoms with Gasteiger partial charge < -0.3 is 76.9 Å². The van der Waals surface area contributed by atoms with Crippen molar-refractivity contribution in [1.29, 1.82) is 0 Å². The van der Waals surface area contributed by atoms with Gasteiger partial charge in [-0.25, -0.2) is 4.79 Å². The summed E-state index contributed by atoms with van der Waals surface area (Å²) >= 11 is -1.44. The SMILES string of the molecule is CC(=O)N[I-][C@H]1[C@H](OCCOCCOc2cc(C(=O)OC(C)(C)C)cc(OCCOCCO[C@@H]3O[C@H](COC(C)=O)[C@H](OC(C)=O)[C@H](OC(C)=O)[C@H]3NC(C)=O)c2OCCOCCO[C@@H]2O[C@H](COC(C)=O)[C@H](OC(C)=O)[C@H](OC(C)=O)[C@H]2NC(C)=O)O[C@H](COC(C)=O)[C@H](OC(C)=O)[C@@H]1OC(C)=O.